The molecule has 1 aliphatic rings. The van der Waals surface area contributed by atoms with Crippen LogP contribution in [0.4, 0.5) is 0 Å². The molecule has 0 aliphatic heterocycles. The zero-order valence-electron chi connectivity index (χ0n) is 17.2. The minimum absolute atomic E-state index is 0.0464. The summed E-state index contributed by atoms with van der Waals surface area (Å²) in [5.41, 5.74) is 0.742. The van der Waals surface area contributed by atoms with Crippen LogP contribution in [0.25, 0.3) is 11.7 Å². The predicted octanol–water partition coefficient (Wildman–Crippen LogP) is 3.76. The summed E-state index contributed by atoms with van der Waals surface area (Å²) in [5, 5.41) is 12.5. The average molecular weight is 414 g/mol. The van der Waals surface area contributed by atoms with Crippen LogP contribution in [0, 0.1) is 18.3 Å². The lowest BCUT2D eigenvalue weighted by atomic mass is 10.1. The van der Waals surface area contributed by atoms with Crippen LogP contribution in [0.2, 0.25) is 0 Å². The Bertz CT molecular complexity index is 1260. The van der Waals surface area contributed by atoms with Crippen LogP contribution in [0.3, 0.4) is 0 Å². The first-order chi connectivity index (χ1) is 15.1. The van der Waals surface area contributed by atoms with Gasteiger partial charge >= 0.3 is 0 Å². The molecule has 1 fully saturated rings. The van der Waals surface area contributed by atoms with Gasteiger partial charge in [0.05, 0.1) is 0 Å². The van der Waals surface area contributed by atoms with E-state index in [1.54, 1.807) is 30.5 Å². The number of pyridine rings is 1. The largest absolute Gasteiger partial charge is 0.438 e. The molecule has 1 N–H and O–H groups in total. The molecular formula is C24H22N4O3. The summed E-state index contributed by atoms with van der Waals surface area (Å²) < 4.78 is 7.34. The smallest absolute Gasteiger partial charge is 0.269 e. The van der Waals surface area contributed by atoms with E-state index in [2.05, 4.69) is 10.3 Å². The van der Waals surface area contributed by atoms with Crippen molar-refractivity contribution in [3.8, 4) is 17.7 Å². The van der Waals surface area contributed by atoms with E-state index < -0.39 is 11.5 Å². The van der Waals surface area contributed by atoms with Gasteiger partial charge in [-0.25, -0.2) is 0 Å². The molecule has 1 aliphatic carbocycles. The second-order valence-corrected chi connectivity index (χ2v) is 7.56. The SMILES string of the molecule is Cc1ccccc1Oc1nc2ccccn2c(=O)c1/C=C(/C#N)C(=O)NC1CCCC1. The second-order valence-electron chi connectivity index (χ2n) is 7.56. The van der Waals surface area contributed by atoms with E-state index in [1.165, 1.54) is 10.5 Å². The molecule has 0 spiro atoms. The van der Waals surface area contributed by atoms with Gasteiger partial charge in [-0.3, -0.25) is 14.0 Å². The molecule has 7 nitrogen and oxygen atoms in total. The number of carbonyl (C=O) groups excluding carboxylic acids is 1. The van der Waals surface area contributed by atoms with Gasteiger partial charge in [0.15, 0.2) is 0 Å². The number of amides is 1. The van der Waals surface area contributed by atoms with Crippen LogP contribution in [-0.4, -0.2) is 21.3 Å². The molecule has 31 heavy (non-hydrogen) atoms. The Kier molecular flexibility index (Phi) is 5.80. The van der Waals surface area contributed by atoms with Gasteiger partial charge < -0.3 is 10.1 Å². The van der Waals surface area contributed by atoms with Crippen molar-refractivity contribution in [1.82, 2.24) is 14.7 Å². The van der Waals surface area contributed by atoms with Gasteiger partial charge in [-0.15, -0.1) is 0 Å². The highest BCUT2D eigenvalue weighted by Gasteiger charge is 2.21. The first kappa shape index (κ1) is 20.4. The van der Waals surface area contributed by atoms with Crippen LogP contribution >= 0.6 is 0 Å². The highest BCUT2D eigenvalue weighted by molar-refractivity contribution is 6.02. The van der Waals surface area contributed by atoms with E-state index in [9.17, 15) is 14.9 Å². The van der Waals surface area contributed by atoms with Gasteiger partial charge in [0.2, 0.25) is 5.88 Å². The third-order valence-electron chi connectivity index (χ3n) is 5.38. The second kappa shape index (κ2) is 8.84. The third kappa shape index (κ3) is 4.33. The van der Waals surface area contributed by atoms with Crippen LogP contribution in [0.1, 0.15) is 36.8 Å². The van der Waals surface area contributed by atoms with E-state index in [4.69, 9.17) is 4.74 Å². The number of rotatable bonds is 5. The summed E-state index contributed by atoms with van der Waals surface area (Å²) in [6.45, 7) is 1.88. The van der Waals surface area contributed by atoms with Gasteiger partial charge in [0, 0.05) is 12.2 Å². The number of benzene rings is 1. The van der Waals surface area contributed by atoms with E-state index >= 15 is 0 Å². The molecule has 0 bridgehead atoms. The zero-order valence-corrected chi connectivity index (χ0v) is 17.2. The van der Waals surface area contributed by atoms with Crippen molar-refractivity contribution in [3.63, 3.8) is 0 Å². The van der Waals surface area contributed by atoms with Crippen LogP contribution in [0.15, 0.2) is 59.0 Å². The molecule has 0 saturated heterocycles. The standard InChI is InChI=1S/C24H22N4O3/c1-16-8-2-5-11-20(16)31-23-19(24(30)28-13-7-6-12-21(28)27-23)14-17(15-25)22(29)26-18-9-3-4-10-18/h2,5-8,11-14,18H,3-4,9-10H2,1H3,(H,26,29)/b17-14-. The van der Waals surface area contributed by atoms with Crippen LogP contribution in [-0.2, 0) is 4.79 Å². The maximum atomic E-state index is 13.2. The molecule has 1 amide bonds. The fourth-order valence-corrected chi connectivity index (χ4v) is 3.69. The first-order valence-electron chi connectivity index (χ1n) is 10.2. The molecular weight excluding hydrogens is 392 g/mol. The summed E-state index contributed by atoms with van der Waals surface area (Å²) in [5.74, 6) is 0.0963. The molecule has 0 radical (unpaired) electrons. The molecule has 3 aromatic rings. The third-order valence-corrected chi connectivity index (χ3v) is 5.38. The van der Waals surface area contributed by atoms with Crippen molar-refractivity contribution in [2.75, 3.05) is 0 Å². The van der Waals surface area contributed by atoms with Gasteiger partial charge in [-0.2, -0.15) is 10.2 Å². The molecule has 4 rings (SSSR count). The summed E-state index contributed by atoms with van der Waals surface area (Å²) in [4.78, 5) is 30.3. The molecule has 2 heterocycles. The van der Waals surface area contributed by atoms with E-state index in [0.717, 1.165) is 31.2 Å². The lowest BCUT2D eigenvalue weighted by Gasteiger charge is -2.13. The number of fused-ring (bicyclic) bond motifs is 1. The number of hydrogen-bond donors (Lipinski definition) is 1. The monoisotopic (exact) mass is 414 g/mol. The lowest BCUT2D eigenvalue weighted by Crippen LogP contribution is -2.33. The first-order valence-corrected chi connectivity index (χ1v) is 10.2. The molecule has 2 aromatic heterocycles. The van der Waals surface area contributed by atoms with Crippen molar-refractivity contribution in [3.05, 3.63) is 75.7 Å². The number of nitriles is 1. The molecule has 1 aromatic carbocycles. The quantitative estimate of drug-likeness (QED) is 0.506. The molecule has 1 saturated carbocycles. The highest BCUT2D eigenvalue weighted by atomic mass is 16.5. The number of aryl methyl sites for hydroxylation is 1. The molecule has 0 unspecified atom stereocenters. The van der Waals surface area contributed by atoms with Gasteiger partial charge in [-0.05, 0) is 49.6 Å². The van der Waals surface area contributed by atoms with Crippen molar-refractivity contribution in [1.29, 1.82) is 5.26 Å². The molecule has 7 heteroatoms. The summed E-state index contributed by atoms with van der Waals surface area (Å²) >= 11 is 0. The zero-order chi connectivity index (χ0) is 21.8. The summed E-state index contributed by atoms with van der Waals surface area (Å²) in [6.07, 6.45) is 6.76. The molecule has 0 atom stereocenters. The number of nitrogens with one attached hydrogen (secondary N) is 1. The van der Waals surface area contributed by atoms with Crippen molar-refractivity contribution < 1.29 is 9.53 Å². The minimum atomic E-state index is -0.492. The number of hydrogen-bond acceptors (Lipinski definition) is 5. The minimum Gasteiger partial charge on any atom is -0.438 e. The maximum absolute atomic E-state index is 13.2. The van der Waals surface area contributed by atoms with Crippen molar-refractivity contribution in [2.24, 2.45) is 0 Å². The highest BCUT2D eigenvalue weighted by Crippen LogP contribution is 2.26. The van der Waals surface area contributed by atoms with Crippen molar-refractivity contribution >= 4 is 17.6 Å². The number of aromatic nitrogens is 2. The summed E-state index contributed by atoms with van der Waals surface area (Å²) in [6, 6.07) is 14.5. The topological polar surface area (TPSA) is 96.5 Å². The van der Waals surface area contributed by atoms with Gasteiger partial charge in [0.25, 0.3) is 11.5 Å². The normalized spacial score (nSPS) is 14.4. The number of ether oxygens (including phenoxy) is 1. The Hall–Kier alpha value is -3.92. The van der Waals surface area contributed by atoms with E-state index in [1.807, 2.05) is 31.2 Å². The number of carbonyl (C=O) groups is 1. The van der Waals surface area contributed by atoms with Crippen LogP contribution < -0.4 is 15.6 Å². The number of nitrogens with zero attached hydrogens (tertiary/aromatic N) is 3. The van der Waals surface area contributed by atoms with Gasteiger partial charge in [0.1, 0.15) is 28.6 Å². The average Bonchev–Trinajstić information content (AvgIpc) is 3.28. The Morgan fingerprint density at radius 3 is 2.71 bits per heavy atom. The predicted molar refractivity (Wildman–Crippen MR) is 117 cm³/mol. The molecule has 156 valence electrons. The Morgan fingerprint density at radius 2 is 1.97 bits per heavy atom. The van der Waals surface area contributed by atoms with E-state index in [0.29, 0.717) is 11.4 Å². The van der Waals surface area contributed by atoms with Crippen LogP contribution in [0.5, 0.6) is 11.6 Å². The fraction of sp³-hybridized carbons (Fsp3) is 0.250. The Balaban J connectivity index is 1.80. The maximum Gasteiger partial charge on any atom is 0.269 e. The van der Waals surface area contributed by atoms with Gasteiger partial charge in [-0.1, -0.05) is 37.1 Å². The van der Waals surface area contributed by atoms with Crippen molar-refractivity contribution in [2.45, 2.75) is 38.6 Å². The Morgan fingerprint density at radius 1 is 1.23 bits per heavy atom. The van der Waals surface area contributed by atoms with E-state index in [-0.39, 0.29) is 23.1 Å². The lowest BCUT2D eigenvalue weighted by molar-refractivity contribution is -0.117. The Labute approximate surface area is 179 Å². The fourth-order valence-electron chi connectivity index (χ4n) is 3.69. The number of para-hydroxylation sites is 1. The summed E-state index contributed by atoms with van der Waals surface area (Å²) in [7, 11) is 0.